The van der Waals surface area contributed by atoms with Gasteiger partial charge >= 0.3 is 17.5 Å². The van der Waals surface area contributed by atoms with Gasteiger partial charge in [-0.2, -0.15) is 5.10 Å². The molecule has 0 aliphatic rings. The Kier molecular flexibility index (Phi) is 6.65. The number of nitro groups is 1. The number of rotatable bonds is 6. The minimum atomic E-state index is -0.974. The van der Waals surface area contributed by atoms with E-state index in [1.165, 1.54) is 6.07 Å². The molecule has 0 bridgehead atoms. The van der Waals surface area contributed by atoms with Gasteiger partial charge in [-0.25, -0.2) is 5.43 Å². The maximum absolute atomic E-state index is 11.5. The number of hydrogen-bond acceptors (Lipinski definition) is 7. The largest absolute Gasteiger partial charge is 0.500 e. The fourth-order valence-electron chi connectivity index (χ4n) is 1.64. The molecular formula is C14H18N4O6. The first-order chi connectivity index (χ1) is 11.3. The number of phenols is 1. The van der Waals surface area contributed by atoms with E-state index in [0.717, 1.165) is 12.3 Å². The second kappa shape index (κ2) is 8.46. The van der Waals surface area contributed by atoms with Gasteiger partial charge < -0.3 is 15.2 Å². The minimum absolute atomic E-state index is 0.0861. The van der Waals surface area contributed by atoms with Crippen LogP contribution in [-0.4, -0.2) is 40.7 Å². The van der Waals surface area contributed by atoms with Gasteiger partial charge in [-0.05, 0) is 26.8 Å². The number of hydrogen-bond donors (Lipinski definition) is 3. The van der Waals surface area contributed by atoms with E-state index >= 15 is 0 Å². The van der Waals surface area contributed by atoms with Crippen LogP contribution in [-0.2, 0) is 9.59 Å². The highest BCUT2D eigenvalue weighted by Crippen LogP contribution is 2.36. The first-order valence-corrected chi connectivity index (χ1v) is 7.04. The average Bonchev–Trinajstić information content (AvgIpc) is 2.49. The lowest BCUT2D eigenvalue weighted by atomic mass is 10.2. The zero-order valence-corrected chi connectivity index (χ0v) is 13.4. The normalized spacial score (nSPS) is 10.7. The third-order valence-electron chi connectivity index (χ3n) is 2.58. The quantitative estimate of drug-likeness (QED) is 0.301. The molecule has 0 saturated carbocycles. The van der Waals surface area contributed by atoms with Crippen molar-refractivity contribution in [3.63, 3.8) is 0 Å². The van der Waals surface area contributed by atoms with Gasteiger partial charge in [-0.15, -0.1) is 0 Å². The summed E-state index contributed by atoms with van der Waals surface area (Å²) in [4.78, 5) is 33.0. The number of phenolic OH excluding ortho intramolecular Hbond substituents is 1. The molecule has 10 heteroatoms. The fourth-order valence-corrected chi connectivity index (χ4v) is 1.64. The van der Waals surface area contributed by atoms with Gasteiger partial charge in [0.1, 0.15) is 0 Å². The lowest BCUT2D eigenvalue weighted by Gasteiger charge is -2.07. The van der Waals surface area contributed by atoms with Gasteiger partial charge in [-0.1, -0.05) is 0 Å². The van der Waals surface area contributed by atoms with Crippen LogP contribution < -0.4 is 15.5 Å². The number of aromatic hydroxyl groups is 1. The Hall–Kier alpha value is -3.17. The Labute approximate surface area is 137 Å². The summed E-state index contributed by atoms with van der Waals surface area (Å²) in [5.74, 6) is -2.51. The third kappa shape index (κ3) is 5.23. The molecule has 1 aromatic carbocycles. The predicted octanol–water partition coefficient (Wildman–Crippen LogP) is 0.674. The molecule has 24 heavy (non-hydrogen) atoms. The highest BCUT2D eigenvalue weighted by molar-refractivity contribution is 6.35. The lowest BCUT2D eigenvalue weighted by molar-refractivity contribution is -0.386. The first-order valence-electron chi connectivity index (χ1n) is 7.04. The summed E-state index contributed by atoms with van der Waals surface area (Å²) in [6.45, 7) is 5.23. The van der Waals surface area contributed by atoms with Crippen LogP contribution in [0.1, 0.15) is 26.3 Å². The van der Waals surface area contributed by atoms with Crippen LogP contribution in [0.15, 0.2) is 17.2 Å². The van der Waals surface area contributed by atoms with E-state index in [0.29, 0.717) is 0 Å². The molecule has 0 radical (unpaired) electrons. The number of ether oxygens (including phenoxy) is 1. The smallest absolute Gasteiger partial charge is 0.329 e. The molecule has 0 fully saturated rings. The summed E-state index contributed by atoms with van der Waals surface area (Å²) in [5.41, 5.74) is 1.63. The van der Waals surface area contributed by atoms with E-state index in [4.69, 9.17) is 4.74 Å². The van der Waals surface area contributed by atoms with Crippen LogP contribution in [0.5, 0.6) is 11.5 Å². The molecule has 0 heterocycles. The van der Waals surface area contributed by atoms with Crippen LogP contribution in [0.25, 0.3) is 0 Å². The molecule has 2 amide bonds. The van der Waals surface area contributed by atoms with Gasteiger partial charge in [-0.3, -0.25) is 19.7 Å². The molecule has 0 atom stereocenters. The maximum Gasteiger partial charge on any atom is 0.329 e. The van der Waals surface area contributed by atoms with Gasteiger partial charge in [0, 0.05) is 17.7 Å². The van der Waals surface area contributed by atoms with Gasteiger partial charge in [0.05, 0.1) is 17.7 Å². The van der Waals surface area contributed by atoms with Crippen molar-refractivity contribution >= 4 is 23.7 Å². The summed E-state index contributed by atoms with van der Waals surface area (Å²) in [5, 5.41) is 26.6. The number of carbonyl (C=O) groups excluding carboxylic acids is 2. The molecule has 0 aliphatic carbocycles. The molecule has 3 N–H and O–H groups in total. The molecule has 0 aromatic heterocycles. The molecule has 1 rings (SSSR count). The van der Waals surface area contributed by atoms with Gasteiger partial charge in [0.2, 0.25) is 5.75 Å². The molecule has 0 saturated heterocycles. The van der Waals surface area contributed by atoms with Crippen LogP contribution in [0.4, 0.5) is 5.69 Å². The summed E-state index contributed by atoms with van der Waals surface area (Å²) in [6, 6.07) is 2.16. The molecule has 1 aromatic rings. The summed E-state index contributed by atoms with van der Waals surface area (Å²) < 4.78 is 5.11. The number of carbonyl (C=O) groups is 2. The van der Waals surface area contributed by atoms with E-state index in [1.54, 1.807) is 20.8 Å². The van der Waals surface area contributed by atoms with E-state index in [2.05, 4.69) is 10.4 Å². The van der Waals surface area contributed by atoms with E-state index in [-0.39, 0.29) is 24.0 Å². The first kappa shape index (κ1) is 18.9. The van der Waals surface area contributed by atoms with Crippen LogP contribution in [0, 0.1) is 10.1 Å². The second-order valence-electron chi connectivity index (χ2n) is 4.90. The number of benzene rings is 1. The maximum atomic E-state index is 11.5. The molecule has 0 unspecified atom stereocenters. The number of hydrazone groups is 1. The van der Waals surface area contributed by atoms with Gasteiger partial charge in [0.25, 0.3) is 0 Å². The van der Waals surface area contributed by atoms with Crippen molar-refractivity contribution in [3.05, 3.63) is 27.8 Å². The van der Waals surface area contributed by atoms with E-state index in [9.17, 15) is 24.8 Å². The number of nitro benzene ring substituents is 1. The standard InChI is InChI=1S/C14H18N4O6/c1-4-24-11-6-9(5-10(12(11)19)18(22)23)7-15-17-14(21)13(20)16-8(2)3/h5-8,19H,4H2,1-3H3,(H,16,20)(H,17,21)/b15-7+. The minimum Gasteiger partial charge on any atom is -0.500 e. The highest BCUT2D eigenvalue weighted by Gasteiger charge is 2.20. The number of nitrogens with one attached hydrogen (secondary N) is 2. The zero-order valence-electron chi connectivity index (χ0n) is 13.4. The van der Waals surface area contributed by atoms with Crippen molar-refractivity contribution in [3.8, 4) is 11.5 Å². The predicted molar refractivity (Wildman–Crippen MR) is 84.9 cm³/mol. The van der Waals surface area contributed by atoms with Crippen molar-refractivity contribution in [1.82, 2.24) is 10.7 Å². The number of nitrogens with zero attached hydrogens (tertiary/aromatic N) is 2. The number of amides is 2. The summed E-state index contributed by atoms with van der Waals surface area (Å²) in [7, 11) is 0. The van der Waals surface area contributed by atoms with Crippen molar-refractivity contribution in [2.24, 2.45) is 5.10 Å². The second-order valence-corrected chi connectivity index (χ2v) is 4.90. The topological polar surface area (TPSA) is 143 Å². The zero-order chi connectivity index (χ0) is 18.3. The Balaban J connectivity index is 2.92. The van der Waals surface area contributed by atoms with Crippen molar-refractivity contribution in [2.75, 3.05) is 6.61 Å². The van der Waals surface area contributed by atoms with Crippen LogP contribution in [0.2, 0.25) is 0 Å². The fraction of sp³-hybridized carbons (Fsp3) is 0.357. The summed E-state index contributed by atoms with van der Waals surface area (Å²) in [6.07, 6.45) is 1.09. The summed E-state index contributed by atoms with van der Waals surface area (Å²) >= 11 is 0. The van der Waals surface area contributed by atoms with Crippen molar-refractivity contribution in [2.45, 2.75) is 26.8 Å². The van der Waals surface area contributed by atoms with Crippen LogP contribution in [0.3, 0.4) is 0 Å². The Morgan fingerprint density at radius 1 is 1.42 bits per heavy atom. The van der Waals surface area contributed by atoms with Crippen molar-refractivity contribution < 1.29 is 24.4 Å². The Morgan fingerprint density at radius 3 is 2.62 bits per heavy atom. The molecule has 10 nitrogen and oxygen atoms in total. The molecule has 130 valence electrons. The third-order valence-corrected chi connectivity index (χ3v) is 2.58. The van der Waals surface area contributed by atoms with Crippen molar-refractivity contribution in [1.29, 1.82) is 0 Å². The SMILES string of the molecule is CCOc1cc(/C=N/NC(=O)C(=O)NC(C)C)cc([N+](=O)[O-])c1O. The average molecular weight is 338 g/mol. The molecule has 0 spiro atoms. The van der Waals surface area contributed by atoms with E-state index in [1.807, 2.05) is 5.43 Å². The highest BCUT2D eigenvalue weighted by atomic mass is 16.6. The Morgan fingerprint density at radius 2 is 2.08 bits per heavy atom. The monoisotopic (exact) mass is 338 g/mol. The van der Waals surface area contributed by atoms with E-state index < -0.39 is 28.2 Å². The van der Waals surface area contributed by atoms with Crippen LogP contribution >= 0.6 is 0 Å². The molecular weight excluding hydrogens is 320 g/mol. The lowest BCUT2D eigenvalue weighted by Crippen LogP contribution is -2.41. The van der Waals surface area contributed by atoms with Gasteiger partial charge in [0.15, 0.2) is 5.75 Å². The molecule has 0 aliphatic heterocycles. The Bertz CT molecular complexity index is 671.